The van der Waals surface area contributed by atoms with E-state index in [9.17, 15) is 5.11 Å². The van der Waals surface area contributed by atoms with Gasteiger partial charge >= 0.3 is 0 Å². The topological polar surface area (TPSA) is 20.2 Å². The van der Waals surface area contributed by atoms with Gasteiger partial charge < -0.3 is 5.11 Å². The van der Waals surface area contributed by atoms with E-state index in [1.807, 2.05) is 0 Å². The second-order valence-electron chi connectivity index (χ2n) is 4.74. The first-order chi connectivity index (χ1) is 5.78. The third kappa shape index (κ3) is 1.28. The molecule has 70 valence electrons. The Morgan fingerprint density at radius 2 is 2.33 bits per heavy atom. The maximum absolute atomic E-state index is 9.68. The Morgan fingerprint density at radius 1 is 1.50 bits per heavy atom. The van der Waals surface area contributed by atoms with E-state index in [-0.39, 0.29) is 6.10 Å². The van der Waals surface area contributed by atoms with Gasteiger partial charge in [-0.15, -0.1) is 0 Å². The van der Waals surface area contributed by atoms with Crippen molar-refractivity contribution in [3.63, 3.8) is 0 Å². The summed E-state index contributed by atoms with van der Waals surface area (Å²) in [4.78, 5) is 0. The van der Waals surface area contributed by atoms with Crippen LogP contribution < -0.4 is 0 Å². The molecule has 2 aliphatic rings. The van der Waals surface area contributed by atoms with Gasteiger partial charge in [0.1, 0.15) is 0 Å². The normalized spacial score (nSPS) is 45.5. The zero-order chi connectivity index (χ0) is 8.60. The fourth-order valence-electron chi connectivity index (χ4n) is 3.02. The third-order valence-corrected chi connectivity index (χ3v) is 3.92. The van der Waals surface area contributed by atoms with Crippen LogP contribution in [-0.4, -0.2) is 11.2 Å². The fourth-order valence-corrected chi connectivity index (χ4v) is 3.02. The highest BCUT2D eigenvalue weighted by atomic mass is 16.3. The molecule has 0 bridgehead atoms. The SMILES string of the molecule is CCCC[C@@]12CCC[C@@H](O)[C@@H]1C2. The molecule has 0 radical (unpaired) electrons. The predicted octanol–water partition coefficient (Wildman–Crippen LogP) is 2.73. The summed E-state index contributed by atoms with van der Waals surface area (Å²) in [5.41, 5.74) is 0.619. The second-order valence-corrected chi connectivity index (χ2v) is 4.74. The number of rotatable bonds is 3. The lowest BCUT2D eigenvalue weighted by Crippen LogP contribution is -2.21. The first-order valence-electron chi connectivity index (χ1n) is 5.46. The van der Waals surface area contributed by atoms with Crippen LogP contribution >= 0.6 is 0 Å². The Bertz CT molecular complexity index is 166. The van der Waals surface area contributed by atoms with Crippen molar-refractivity contribution in [3.8, 4) is 0 Å². The minimum Gasteiger partial charge on any atom is -0.393 e. The maximum atomic E-state index is 9.68. The Kier molecular flexibility index (Phi) is 2.16. The van der Waals surface area contributed by atoms with Crippen LogP contribution in [0.2, 0.25) is 0 Å². The average molecular weight is 168 g/mol. The summed E-state index contributed by atoms with van der Waals surface area (Å²) in [7, 11) is 0. The number of hydrogen-bond acceptors (Lipinski definition) is 1. The maximum Gasteiger partial charge on any atom is 0.0573 e. The third-order valence-electron chi connectivity index (χ3n) is 3.92. The molecule has 0 amide bonds. The molecule has 0 saturated heterocycles. The Morgan fingerprint density at radius 3 is 3.08 bits per heavy atom. The van der Waals surface area contributed by atoms with Gasteiger partial charge in [0, 0.05) is 0 Å². The molecule has 2 saturated carbocycles. The number of aliphatic hydroxyl groups is 1. The van der Waals surface area contributed by atoms with E-state index >= 15 is 0 Å². The van der Waals surface area contributed by atoms with Crippen molar-refractivity contribution in [1.82, 2.24) is 0 Å². The van der Waals surface area contributed by atoms with Crippen molar-refractivity contribution < 1.29 is 5.11 Å². The molecule has 12 heavy (non-hydrogen) atoms. The van der Waals surface area contributed by atoms with Gasteiger partial charge in [-0.3, -0.25) is 0 Å². The molecule has 0 aliphatic heterocycles. The molecule has 0 aromatic carbocycles. The number of fused-ring (bicyclic) bond motifs is 1. The van der Waals surface area contributed by atoms with Crippen LogP contribution in [0, 0.1) is 11.3 Å². The predicted molar refractivity (Wildman–Crippen MR) is 49.9 cm³/mol. The first kappa shape index (κ1) is 8.55. The number of aliphatic hydroxyl groups excluding tert-OH is 1. The average Bonchev–Trinajstić information content (AvgIpc) is 2.78. The Hall–Kier alpha value is -0.0400. The summed E-state index contributed by atoms with van der Waals surface area (Å²) in [6.07, 6.45) is 9.16. The highest BCUT2D eigenvalue weighted by Crippen LogP contribution is 2.63. The van der Waals surface area contributed by atoms with Crippen LogP contribution in [0.3, 0.4) is 0 Å². The molecule has 0 heterocycles. The molecule has 1 nitrogen and oxygen atoms in total. The van der Waals surface area contributed by atoms with E-state index < -0.39 is 0 Å². The minimum absolute atomic E-state index is 0.0515. The summed E-state index contributed by atoms with van der Waals surface area (Å²) in [5, 5.41) is 9.68. The van der Waals surface area contributed by atoms with E-state index in [1.54, 1.807) is 0 Å². The molecule has 0 spiro atoms. The second kappa shape index (κ2) is 3.02. The molecule has 2 fully saturated rings. The van der Waals surface area contributed by atoms with E-state index in [0.717, 1.165) is 6.42 Å². The van der Waals surface area contributed by atoms with Crippen molar-refractivity contribution in [2.45, 2.75) is 58.0 Å². The first-order valence-corrected chi connectivity index (χ1v) is 5.46. The van der Waals surface area contributed by atoms with Crippen molar-refractivity contribution >= 4 is 0 Å². The van der Waals surface area contributed by atoms with Crippen molar-refractivity contribution in [2.75, 3.05) is 0 Å². The van der Waals surface area contributed by atoms with Crippen LogP contribution in [0.4, 0.5) is 0 Å². The summed E-state index contributed by atoms with van der Waals surface area (Å²) < 4.78 is 0. The molecule has 2 rings (SSSR count). The highest BCUT2D eigenvalue weighted by Gasteiger charge is 2.57. The lowest BCUT2D eigenvalue weighted by atomic mass is 9.83. The van der Waals surface area contributed by atoms with Gasteiger partial charge in [-0.2, -0.15) is 0 Å². The van der Waals surface area contributed by atoms with Crippen LogP contribution in [0.5, 0.6) is 0 Å². The molecule has 2 aliphatic carbocycles. The number of hydrogen-bond donors (Lipinski definition) is 1. The van der Waals surface area contributed by atoms with Gasteiger partial charge in [-0.25, -0.2) is 0 Å². The molecule has 1 N–H and O–H groups in total. The smallest absolute Gasteiger partial charge is 0.0573 e. The monoisotopic (exact) mass is 168 g/mol. The molecular formula is C11H20O. The summed E-state index contributed by atoms with van der Waals surface area (Å²) in [6, 6.07) is 0. The van der Waals surface area contributed by atoms with Crippen molar-refractivity contribution in [2.24, 2.45) is 11.3 Å². The Balaban J connectivity index is 1.88. The molecule has 1 heteroatoms. The summed E-state index contributed by atoms with van der Waals surface area (Å²) in [6.45, 7) is 2.26. The zero-order valence-corrected chi connectivity index (χ0v) is 8.05. The van der Waals surface area contributed by atoms with Crippen LogP contribution in [0.1, 0.15) is 51.9 Å². The molecular weight excluding hydrogens is 148 g/mol. The highest BCUT2D eigenvalue weighted by molar-refractivity contribution is 5.07. The fraction of sp³-hybridized carbons (Fsp3) is 1.00. The van der Waals surface area contributed by atoms with E-state index in [4.69, 9.17) is 0 Å². The van der Waals surface area contributed by atoms with Gasteiger partial charge in [0.15, 0.2) is 0 Å². The van der Waals surface area contributed by atoms with Crippen molar-refractivity contribution in [1.29, 1.82) is 0 Å². The summed E-state index contributed by atoms with van der Waals surface area (Å²) in [5.74, 6) is 0.692. The van der Waals surface area contributed by atoms with Crippen LogP contribution in [0.25, 0.3) is 0 Å². The largest absolute Gasteiger partial charge is 0.393 e. The van der Waals surface area contributed by atoms with Gasteiger partial charge in [0.2, 0.25) is 0 Å². The van der Waals surface area contributed by atoms with E-state index in [1.165, 1.54) is 38.5 Å². The lowest BCUT2D eigenvalue weighted by molar-refractivity contribution is 0.0897. The standard InChI is InChI=1S/C11H20O/c1-2-3-6-11-7-4-5-10(12)9(11)8-11/h9-10,12H,2-8H2,1H3/t9-,10+,11-/m0/s1. The molecule has 0 aromatic rings. The molecule has 0 aromatic heterocycles. The van der Waals surface area contributed by atoms with Crippen LogP contribution in [0.15, 0.2) is 0 Å². The lowest BCUT2D eigenvalue weighted by Gasteiger charge is -2.25. The van der Waals surface area contributed by atoms with Gasteiger partial charge in [0.05, 0.1) is 6.10 Å². The van der Waals surface area contributed by atoms with Gasteiger partial charge in [-0.1, -0.05) is 26.2 Å². The minimum atomic E-state index is 0.0515. The van der Waals surface area contributed by atoms with Gasteiger partial charge in [0.25, 0.3) is 0 Å². The summed E-state index contributed by atoms with van der Waals surface area (Å²) >= 11 is 0. The number of unbranched alkanes of at least 4 members (excludes halogenated alkanes) is 1. The quantitative estimate of drug-likeness (QED) is 0.687. The van der Waals surface area contributed by atoms with Crippen LogP contribution in [-0.2, 0) is 0 Å². The van der Waals surface area contributed by atoms with E-state index in [2.05, 4.69) is 6.92 Å². The van der Waals surface area contributed by atoms with E-state index in [0.29, 0.717) is 11.3 Å². The molecule has 0 unspecified atom stereocenters. The van der Waals surface area contributed by atoms with Gasteiger partial charge in [-0.05, 0) is 37.0 Å². The molecule has 3 atom stereocenters. The zero-order valence-electron chi connectivity index (χ0n) is 8.05. The Labute approximate surface area is 75.2 Å². The van der Waals surface area contributed by atoms with Crippen molar-refractivity contribution in [3.05, 3.63) is 0 Å².